The Morgan fingerprint density at radius 2 is 1.96 bits per heavy atom. The van der Waals surface area contributed by atoms with Gasteiger partial charge < -0.3 is 19.2 Å². The van der Waals surface area contributed by atoms with Gasteiger partial charge in [0.15, 0.2) is 11.5 Å². The van der Waals surface area contributed by atoms with Crippen LogP contribution < -0.4 is 14.8 Å². The predicted octanol–water partition coefficient (Wildman–Crippen LogP) is 1.34. The van der Waals surface area contributed by atoms with E-state index in [-0.39, 0.29) is 17.9 Å². The number of aromatic nitrogens is 2. The molecule has 9 nitrogen and oxygen atoms in total. The van der Waals surface area contributed by atoms with Crippen LogP contribution in [0, 0.1) is 0 Å². The van der Waals surface area contributed by atoms with Gasteiger partial charge in [-0.3, -0.25) is 4.79 Å². The molecule has 0 aliphatic carbocycles. The van der Waals surface area contributed by atoms with Crippen LogP contribution in [0.5, 0.6) is 11.5 Å². The van der Waals surface area contributed by atoms with E-state index < -0.39 is 9.84 Å². The maximum absolute atomic E-state index is 12.1. The standard InChI is InChI=1S/C16H19N3O6S/c1-26(21,22)16-19-18-14(25-16)5-3-2-4-8-17-15(20)11-6-7-12-13(9-11)24-10-23-12/h6-7,9H,2-5,8,10H2,1H3,(H,17,20). The third-order valence-corrected chi connectivity index (χ3v) is 4.55. The third-order valence-electron chi connectivity index (χ3n) is 3.75. The summed E-state index contributed by atoms with van der Waals surface area (Å²) in [5.41, 5.74) is 0.522. The van der Waals surface area contributed by atoms with E-state index in [0.29, 0.717) is 35.9 Å². The first-order valence-electron chi connectivity index (χ1n) is 8.14. The lowest BCUT2D eigenvalue weighted by Gasteiger charge is -2.05. The molecule has 26 heavy (non-hydrogen) atoms. The van der Waals surface area contributed by atoms with Gasteiger partial charge in [0.25, 0.3) is 5.91 Å². The molecule has 0 unspecified atom stereocenters. The highest BCUT2D eigenvalue weighted by atomic mass is 32.2. The number of carbonyl (C=O) groups excluding carboxylic acids is 1. The minimum absolute atomic E-state index is 0.169. The van der Waals surface area contributed by atoms with Crippen molar-refractivity contribution in [2.45, 2.75) is 30.9 Å². The normalized spacial score (nSPS) is 13.0. The zero-order chi connectivity index (χ0) is 18.6. The van der Waals surface area contributed by atoms with Crippen LogP contribution in [0.3, 0.4) is 0 Å². The van der Waals surface area contributed by atoms with Gasteiger partial charge >= 0.3 is 5.22 Å². The Bertz CT molecular complexity index is 893. The molecule has 0 bridgehead atoms. The first-order chi connectivity index (χ1) is 12.4. The van der Waals surface area contributed by atoms with Crippen molar-refractivity contribution in [1.82, 2.24) is 15.5 Å². The number of ether oxygens (including phenoxy) is 2. The molecule has 0 fully saturated rings. The molecule has 0 saturated carbocycles. The Morgan fingerprint density at radius 3 is 2.73 bits per heavy atom. The Kier molecular flexibility index (Phi) is 5.40. The van der Waals surface area contributed by atoms with Crippen LogP contribution in [0.4, 0.5) is 0 Å². The molecule has 2 heterocycles. The van der Waals surface area contributed by atoms with E-state index in [2.05, 4.69) is 15.5 Å². The molecule has 0 atom stereocenters. The van der Waals surface area contributed by atoms with Gasteiger partial charge in [-0.05, 0) is 31.0 Å². The van der Waals surface area contributed by atoms with E-state index in [0.717, 1.165) is 25.5 Å². The molecule has 1 aromatic carbocycles. The highest BCUT2D eigenvalue weighted by molar-refractivity contribution is 7.90. The molecule has 2 aromatic rings. The molecule has 0 saturated heterocycles. The number of nitrogens with zero attached hydrogens (tertiary/aromatic N) is 2. The fourth-order valence-corrected chi connectivity index (χ4v) is 2.85. The minimum atomic E-state index is -3.47. The summed E-state index contributed by atoms with van der Waals surface area (Å²) in [4.78, 5) is 12.1. The molecular formula is C16H19N3O6S. The number of aryl methyl sites for hydroxylation is 1. The number of rotatable bonds is 8. The van der Waals surface area contributed by atoms with Crippen LogP contribution in [-0.2, 0) is 16.3 Å². The fraction of sp³-hybridized carbons (Fsp3) is 0.438. The zero-order valence-corrected chi connectivity index (χ0v) is 15.0. The summed E-state index contributed by atoms with van der Waals surface area (Å²) < 4.78 is 38.1. The van der Waals surface area contributed by atoms with Crippen LogP contribution in [0.2, 0.25) is 0 Å². The van der Waals surface area contributed by atoms with Crippen molar-refractivity contribution in [2.75, 3.05) is 19.6 Å². The molecular weight excluding hydrogens is 362 g/mol. The van der Waals surface area contributed by atoms with Crippen molar-refractivity contribution < 1.29 is 27.1 Å². The number of carbonyl (C=O) groups is 1. The topological polar surface area (TPSA) is 121 Å². The molecule has 1 aliphatic rings. The number of hydrogen-bond acceptors (Lipinski definition) is 8. The Hall–Kier alpha value is -2.62. The van der Waals surface area contributed by atoms with Crippen LogP contribution in [0.15, 0.2) is 27.8 Å². The maximum atomic E-state index is 12.1. The SMILES string of the molecule is CS(=O)(=O)c1nnc(CCCCCNC(=O)c2ccc3c(c2)OCO3)o1. The predicted molar refractivity (Wildman–Crippen MR) is 89.9 cm³/mol. The fourth-order valence-electron chi connectivity index (χ4n) is 2.41. The summed E-state index contributed by atoms with van der Waals surface area (Å²) in [5, 5.41) is 9.70. The minimum Gasteiger partial charge on any atom is -0.454 e. The van der Waals surface area contributed by atoms with Crippen molar-refractivity contribution >= 4 is 15.7 Å². The number of amides is 1. The van der Waals surface area contributed by atoms with Crippen molar-refractivity contribution in [2.24, 2.45) is 0 Å². The van der Waals surface area contributed by atoms with Gasteiger partial charge in [0.05, 0.1) is 0 Å². The molecule has 0 radical (unpaired) electrons. The molecule has 1 aromatic heterocycles. The van der Waals surface area contributed by atoms with Gasteiger partial charge in [-0.15, -0.1) is 5.10 Å². The second kappa shape index (κ2) is 7.73. The molecule has 3 rings (SSSR count). The lowest BCUT2D eigenvalue weighted by atomic mass is 10.1. The van der Waals surface area contributed by atoms with Gasteiger partial charge in [-0.2, -0.15) is 0 Å². The average Bonchev–Trinajstić information content (AvgIpc) is 3.25. The lowest BCUT2D eigenvalue weighted by molar-refractivity contribution is 0.0952. The quantitative estimate of drug-likeness (QED) is 0.680. The summed E-state index contributed by atoms with van der Waals surface area (Å²) in [7, 11) is -3.47. The second-order valence-corrected chi connectivity index (χ2v) is 7.76. The van der Waals surface area contributed by atoms with Crippen LogP contribution in [-0.4, -0.2) is 44.1 Å². The van der Waals surface area contributed by atoms with E-state index in [9.17, 15) is 13.2 Å². The summed E-state index contributed by atoms with van der Waals surface area (Å²) in [6.07, 6.45) is 3.89. The molecule has 1 aliphatic heterocycles. The smallest absolute Gasteiger partial charge is 0.335 e. The molecule has 140 valence electrons. The third kappa shape index (κ3) is 4.51. The summed E-state index contributed by atoms with van der Waals surface area (Å²) in [6, 6.07) is 5.07. The number of nitrogens with one attached hydrogen (secondary N) is 1. The first-order valence-corrected chi connectivity index (χ1v) is 10.0. The molecule has 1 amide bonds. The van der Waals surface area contributed by atoms with Crippen molar-refractivity contribution in [3.63, 3.8) is 0 Å². The molecule has 1 N–H and O–H groups in total. The highest BCUT2D eigenvalue weighted by Gasteiger charge is 2.17. The van der Waals surface area contributed by atoms with Gasteiger partial charge in [0.1, 0.15) is 0 Å². The molecule has 0 spiro atoms. The average molecular weight is 381 g/mol. The number of unbranched alkanes of at least 4 members (excludes halogenated alkanes) is 2. The Morgan fingerprint density at radius 1 is 1.15 bits per heavy atom. The monoisotopic (exact) mass is 381 g/mol. The van der Waals surface area contributed by atoms with Gasteiger partial charge in [-0.25, -0.2) is 8.42 Å². The van der Waals surface area contributed by atoms with E-state index in [1.165, 1.54) is 0 Å². The van der Waals surface area contributed by atoms with Crippen LogP contribution in [0.1, 0.15) is 35.5 Å². The summed E-state index contributed by atoms with van der Waals surface area (Å²) in [5.74, 6) is 1.35. The summed E-state index contributed by atoms with van der Waals surface area (Å²) >= 11 is 0. The van der Waals surface area contributed by atoms with Gasteiger partial charge in [0.2, 0.25) is 22.5 Å². The lowest BCUT2D eigenvalue weighted by Crippen LogP contribution is -2.24. The highest BCUT2D eigenvalue weighted by Crippen LogP contribution is 2.32. The van der Waals surface area contributed by atoms with E-state index in [1.807, 2.05) is 0 Å². The largest absolute Gasteiger partial charge is 0.454 e. The van der Waals surface area contributed by atoms with Crippen molar-refractivity contribution in [1.29, 1.82) is 0 Å². The summed E-state index contributed by atoms with van der Waals surface area (Å²) in [6.45, 7) is 0.706. The van der Waals surface area contributed by atoms with Crippen LogP contribution >= 0.6 is 0 Å². The molecule has 10 heteroatoms. The van der Waals surface area contributed by atoms with Crippen molar-refractivity contribution in [3.8, 4) is 11.5 Å². The Balaban J connectivity index is 1.35. The Labute approximate surface area is 150 Å². The van der Waals surface area contributed by atoms with Crippen molar-refractivity contribution in [3.05, 3.63) is 29.7 Å². The van der Waals surface area contributed by atoms with E-state index >= 15 is 0 Å². The van der Waals surface area contributed by atoms with Gasteiger partial charge in [-0.1, -0.05) is 11.5 Å². The number of benzene rings is 1. The number of hydrogen-bond donors (Lipinski definition) is 1. The second-order valence-electron chi connectivity index (χ2n) is 5.87. The zero-order valence-electron chi connectivity index (χ0n) is 14.2. The number of fused-ring (bicyclic) bond motifs is 1. The number of sulfone groups is 1. The van der Waals surface area contributed by atoms with Crippen LogP contribution in [0.25, 0.3) is 0 Å². The van der Waals surface area contributed by atoms with E-state index in [4.69, 9.17) is 13.9 Å². The van der Waals surface area contributed by atoms with Gasteiger partial charge in [0, 0.05) is 24.8 Å². The first kappa shape index (κ1) is 18.2. The van der Waals surface area contributed by atoms with E-state index in [1.54, 1.807) is 18.2 Å². The maximum Gasteiger partial charge on any atom is 0.335 e.